The summed E-state index contributed by atoms with van der Waals surface area (Å²) in [5, 5.41) is 8.64. The number of hydrogen-bond acceptors (Lipinski definition) is 4. The molecular formula is C16H21F2N3O2S. The number of carbonyl (C=O) groups is 2. The van der Waals surface area contributed by atoms with Crippen molar-refractivity contribution in [2.75, 3.05) is 25.1 Å². The molecule has 1 aliphatic rings. The molecule has 0 radical (unpaired) electrons. The van der Waals surface area contributed by atoms with Crippen LogP contribution in [0.3, 0.4) is 0 Å². The second kappa shape index (κ2) is 8.43. The van der Waals surface area contributed by atoms with Gasteiger partial charge < -0.3 is 16.0 Å². The van der Waals surface area contributed by atoms with Gasteiger partial charge in [0.15, 0.2) is 0 Å². The Labute approximate surface area is 144 Å². The van der Waals surface area contributed by atoms with Crippen LogP contribution in [0.25, 0.3) is 0 Å². The standard InChI is InChI=1S/C16H21F2N3O2S/c1-24-10-14(22)21-16(4-6-19-7-5-16)15(23)20-9-11-2-3-12(17)8-13(11)18/h2-3,8,19H,4-7,9-10H2,1H3,(H,20,23)(H,21,22). The lowest BCUT2D eigenvalue weighted by Crippen LogP contribution is -2.63. The Morgan fingerprint density at radius 2 is 2.00 bits per heavy atom. The predicted molar refractivity (Wildman–Crippen MR) is 89.6 cm³/mol. The van der Waals surface area contributed by atoms with Crippen molar-refractivity contribution in [1.29, 1.82) is 0 Å². The van der Waals surface area contributed by atoms with Crippen molar-refractivity contribution in [3.8, 4) is 0 Å². The Hall–Kier alpha value is -1.67. The maximum absolute atomic E-state index is 13.7. The molecule has 1 aromatic rings. The topological polar surface area (TPSA) is 70.2 Å². The molecule has 0 bridgehead atoms. The average molecular weight is 357 g/mol. The minimum atomic E-state index is -0.991. The number of nitrogens with one attached hydrogen (secondary N) is 3. The fourth-order valence-electron chi connectivity index (χ4n) is 2.71. The summed E-state index contributed by atoms with van der Waals surface area (Å²) < 4.78 is 26.6. The summed E-state index contributed by atoms with van der Waals surface area (Å²) in [5.41, 5.74) is -0.793. The first kappa shape index (κ1) is 18.7. The largest absolute Gasteiger partial charge is 0.350 e. The fourth-order valence-corrected chi connectivity index (χ4v) is 3.04. The fraction of sp³-hybridized carbons (Fsp3) is 0.500. The Bertz CT molecular complexity index is 607. The van der Waals surface area contributed by atoms with Gasteiger partial charge in [-0.25, -0.2) is 8.78 Å². The molecule has 1 aliphatic heterocycles. The van der Waals surface area contributed by atoms with E-state index in [0.717, 1.165) is 12.1 Å². The smallest absolute Gasteiger partial charge is 0.246 e. The Morgan fingerprint density at radius 1 is 1.29 bits per heavy atom. The number of thioether (sulfide) groups is 1. The van der Waals surface area contributed by atoms with E-state index in [2.05, 4.69) is 16.0 Å². The van der Waals surface area contributed by atoms with Gasteiger partial charge in [-0.1, -0.05) is 6.07 Å². The zero-order valence-corrected chi connectivity index (χ0v) is 14.3. The monoisotopic (exact) mass is 357 g/mol. The lowest BCUT2D eigenvalue weighted by molar-refractivity contribution is -0.134. The number of rotatable bonds is 6. The van der Waals surface area contributed by atoms with Gasteiger partial charge in [-0.05, 0) is 38.3 Å². The van der Waals surface area contributed by atoms with Gasteiger partial charge in [-0.2, -0.15) is 11.8 Å². The van der Waals surface area contributed by atoms with Gasteiger partial charge in [0.1, 0.15) is 17.2 Å². The van der Waals surface area contributed by atoms with Crippen LogP contribution in [0.5, 0.6) is 0 Å². The van der Waals surface area contributed by atoms with Gasteiger partial charge in [0.05, 0.1) is 5.75 Å². The molecule has 132 valence electrons. The van der Waals surface area contributed by atoms with Crippen molar-refractivity contribution in [3.05, 3.63) is 35.4 Å². The maximum Gasteiger partial charge on any atom is 0.246 e. The molecule has 8 heteroatoms. The zero-order valence-electron chi connectivity index (χ0n) is 13.5. The van der Waals surface area contributed by atoms with Crippen LogP contribution in [-0.2, 0) is 16.1 Å². The van der Waals surface area contributed by atoms with Crippen LogP contribution in [0.15, 0.2) is 18.2 Å². The number of benzene rings is 1. The zero-order chi connectivity index (χ0) is 17.6. The van der Waals surface area contributed by atoms with Crippen molar-refractivity contribution < 1.29 is 18.4 Å². The Morgan fingerprint density at radius 3 is 2.62 bits per heavy atom. The highest BCUT2D eigenvalue weighted by Crippen LogP contribution is 2.20. The minimum Gasteiger partial charge on any atom is -0.350 e. The average Bonchev–Trinajstić information content (AvgIpc) is 2.54. The van der Waals surface area contributed by atoms with Crippen LogP contribution in [0.2, 0.25) is 0 Å². The summed E-state index contributed by atoms with van der Waals surface area (Å²) in [7, 11) is 0. The second-order valence-electron chi connectivity index (χ2n) is 5.73. The van der Waals surface area contributed by atoms with Gasteiger partial charge >= 0.3 is 0 Å². The first-order chi connectivity index (χ1) is 11.5. The summed E-state index contributed by atoms with van der Waals surface area (Å²) >= 11 is 1.38. The molecule has 1 aromatic carbocycles. The Balaban J connectivity index is 2.05. The van der Waals surface area contributed by atoms with Gasteiger partial charge in [-0.15, -0.1) is 0 Å². The summed E-state index contributed by atoms with van der Waals surface area (Å²) in [6.45, 7) is 1.16. The lowest BCUT2D eigenvalue weighted by Gasteiger charge is -2.37. The van der Waals surface area contributed by atoms with Gasteiger partial charge in [0.25, 0.3) is 0 Å². The molecular weight excluding hydrogens is 336 g/mol. The van der Waals surface area contributed by atoms with Crippen LogP contribution in [-0.4, -0.2) is 42.5 Å². The summed E-state index contributed by atoms with van der Waals surface area (Å²) in [4.78, 5) is 24.6. The third-order valence-corrected chi connectivity index (χ3v) is 4.55. The molecule has 3 N–H and O–H groups in total. The van der Waals surface area contributed by atoms with E-state index in [9.17, 15) is 18.4 Å². The highest BCUT2D eigenvalue weighted by Gasteiger charge is 2.40. The quantitative estimate of drug-likeness (QED) is 0.715. The van der Waals surface area contributed by atoms with E-state index >= 15 is 0 Å². The summed E-state index contributed by atoms with van der Waals surface area (Å²) in [5.74, 6) is -1.65. The van der Waals surface area contributed by atoms with E-state index in [-0.39, 0.29) is 29.7 Å². The Kier molecular flexibility index (Phi) is 6.56. The predicted octanol–water partition coefficient (Wildman–Crippen LogP) is 1.18. The van der Waals surface area contributed by atoms with Crippen molar-refractivity contribution in [3.63, 3.8) is 0 Å². The van der Waals surface area contributed by atoms with Crippen molar-refractivity contribution in [2.24, 2.45) is 0 Å². The number of halogens is 2. The number of carbonyl (C=O) groups excluding carboxylic acids is 2. The van der Waals surface area contributed by atoms with Gasteiger partial charge in [0, 0.05) is 18.2 Å². The molecule has 0 aliphatic carbocycles. The maximum atomic E-state index is 13.7. The summed E-state index contributed by atoms with van der Waals surface area (Å²) in [6, 6.07) is 3.22. The molecule has 1 heterocycles. The van der Waals surface area contributed by atoms with Crippen LogP contribution in [0.1, 0.15) is 18.4 Å². The van der Waals surface area contributed by atoms with Crippen LogP contribution >= 0.6 is 11.8 Å². The van der Waals surface area contributed by atoms with Crippen LogP contribution < -0.4 is 16.0 Å². The molecule has 0 aromatic heterocycles. The molecule has 2 rings (SSSR count). The normalized spacial score (nSPS) is 16.5. The molecule has 0 unspecified atom stereocenters. The first-order valence-electron chi connectivity index (χ1n) is 7.70. The summed E-state index contributed by atoms with van der Waals surface area (Å²) in [6.07, 6.45) is 2.74. The van der Waals surface area contributed by atoms with Gasteiger partial charge in [-0.3, -0.25) is 9.59 Å². The molecule has 24 heavy (non-hydrogen) atoms. The van der Waals surface area contributed by atoms with E-state index in [1.807, 2.05) is 6.26 Å². The number of amides is 2. The number of hydrogen-bond donors (Lipinski definition) is 3. The van der Waals surface area contributed by atoms with E-state index in [1.165, 1.54) is 17.8 Å². The highest BCUT2D eigenvalue weighted by molar-refractivity contribution is 7.99. The lowest BCUT2D eigenvalue weighted by atomic mass is 9.87. The van der Waals surface area contributed by atoms with Crippen molar-refractivity contribution in [1.82, 2.24) is 16.0 Å². The van der Waals surface area contributed by atoms with E-state index in [0.29, 0.717) is 25.9 Å². The van der Waals surface area contributed by atoms with Crippen LogP contribution in [0.4, 0.5) is 8.78 Å². The second-order valence-corrected chi connectivity index (χ2v) is 6.60. The van der Waals surface area contributed by atoms with E-state index < -0.39 is 17.2 Å². The van der Waals surface area contributed by atoms with Crippen molar-refractivity contribution >= 4 is 23.6 Å². The molecule has 2 amide bonds. The van der Waals surface area contributed by atoms with Crippen molar-refractivity contribution in [2.45, 2.75) is 24.9 Å². The minimum absolute atomic E-state index is 0.0570. The third-order valence-electron chi connectivity index (χ3n) is 4.00. The SMILES string of the molecule is CSCC(=O)NC1(C(=O)NCc2ccc(F)cc2F)CCNCC1. The molecule has 0 spiro atoms. The van der Waals surface area contributed by atoms with E-state index in [4.69, 9.17) is 0 Å². The van der Waals surface area contributed by atoms with Gasteiger partial charge in [0.2, 0.25) is 11.8 Å². The van der Waals surface area contributed by atoms with E-state index in [1.54, 1.807) is 0 Å². The molecule has 1 saturated heterocycles. The molecule has 5 nitrogen and oxygen atoms in total. The molecule has 0 saturated carbocycles. The highest BCUT2D eigenvalue weighted by atomic mass is 32.2. The van der Waals surface area contributed by atoms with Crippen LogP contribution in [0, 0.1) is 11.6 Å². The third kappa shape index (κ3) is 4.67. The first-order valence-corrected chi connectivity index (χ1v) is 9.09. The number of piperidine rings is 1. The molecule has 1 fully saturated rings. The molecule has 0 atom stereocenters.